The van der Waals surface area contributed by atoms with Crippen LogP contribution in [-0.4, -0.2) is 26.0 Å². The predicted octanol–water partition coefficient (Wildman–Crippen LogP) is 3.44. The molecule has 1 saturated carbocycles. The number of ether oxygens (including phenoxy) is 2. The molecule has 1 aliphatic rings. The average Bonchev–Trinajstić information content (AvgIpc) is 3.50. The van der Waals surface area contributed by atoms with E-state index in [1.807, 2.05) is 6.07 Å². The van der Waals surface area contributed by atoms with E-state index in [2.05, 4.69) is 10.6 Å². The van der Waals surface area contributed by atoms with E-state index in [-0.39, 0.29) is 11.8 Å². The molecule has 3 rings (SSSR count). The second-order valence-corrected chi connectivity index (χ2v) is 6.71. The lowest BCUT2D eigenvalue weighted by Gasteiger charge is -2.13. The lowest BCUT2D eigenvalue weighted by molar-refractivity contribution is -0.122. The van der Waals surface area contributed by atoms with Crippen molar-refractivity contribution in [2.75, 3.05) is 24.9 Å². The molecule has 0 spiro atoms. The fourth-order valence-corrected chi connectivity index (χ4v) is 3.09. The summed E-state index contributed by atoms with van der Waals surface area (Å²) in [6, 6.07) is 11.8. The number of anilines is 2. The number of carbonyl (C=O) groups excluding carboxylic acids is 2. The summed E-state index contributed by atoms with van der Waals surface area (Å²) in [5.74, 6) is -0.602. The first-order valence-corrected chi connectivity index (χ1v) is 8.88. The molecule has 2 N–H and O–H groups in total. The van der Waals surface area contributed by atoms with Crippen LogP contribution < -0.4 is 20.1 Å². The molecule has 1 fully saturated rings. The second kappa shape index (κ2) is 8.19. The maximum Gasteiger partial charge on any atom is 0.228 e. The Kier molecular flexibility index (Phi) is 5.71. The van der Waals surface area contributed by atoms with Crippen molar-refractivity contribution in [3.63, 3.8) is 0 Å². The van der Waals surface area contributed by atoms with Crippen molar-refractivity contribution in [1.29, 1.82) is 5.26 Å². The van der Waals surface area contributed by atoms with Gasteiger partial charge in [-0.25, -0.2) is 0 Å². The number of benzene rings is 2. The number of hydrogen-bond donors (Lipinski definition) is 2. The van der Waals surface area contributed by atoms with E-state index in [1.54, 1.807) is 36.4 Å². The summed E-state index contributed by atoms with van der Waals surface area (Å²) in [4.78, 5) is 24.9. The highest BCUT2D eigenvalue weighted by Gasteiger charge is 2.48. The molecule has 0 aromatic heterocycles. The van der Waals surface area contributed by atoms with Gasteiger partial charge in [-0.15, -0.1) is 0 Å². The van der Waals surface area contributed by atoms with E-state index in [0.717, 1.165) is 0 Å². The van der Waals surface area contributed by atoms with Gasteiger partial charge in [0, 0.05) is 17.8 Å². The Morgan fingerprint density at radius 1 is 1.07 bits per heavy atom. The van der Waals surface area contributed by atoms with Gasteiger partial charge in [-0.1, -0.05) is 17.7 Å². The van der Waals surface area contributed by atoms with E-state index >= 15 is 0 Å². The molecule has 2 aromatic rings. The highest BCUT2D eigenvalue weighted by Crippen LogP contribution is 2.42. The van der Waals surface area contributed by atoms with Gasteiger partial charge in [0.25, 0.3) is 0 Å². The lowest BCUT2D eigenvalue weighted by Crippen LogP contribution is -2.20. The standard InChI is InChI=1S/C20H18ClN3O4/c1-27-17-9-16(18(28-2)8-15(17)21)24-20(26)14-7-13(14)19(25)23-12-5-3-4-11(6-12)10-22/h3-6,8-9,13-14H,7H2,1-2H3,(H,23,25)(H,24,26). The molecule has 2 unspecified atom stereocenters. The third-order valence-corrected chi connectivity index (χ3v) is 4.75. The van der Waals surface area contributed by atoms with Crippen molar-refractivity contribution < 1.29 is 19.1 Å². The van der Waals surface area contributed by atoms with Gasteiger partial charge in [0.1, 0.15) is 11.5 Å². The summed E-state index contributed by atoms with van der Waals surface area (Å²) in [5.41, 5.74) is 1.40. The van der Waals surface area contributed by atoms with Crippen molar-refractivity contribution in [3.8, 4) is 17.6 Å². The first-order chi connectivity index (χ1) is 13.5. The van der Waals surface area contributed by atoms with Crippen LogP contribution in [0.5, 0.6) is 11.5 Å². The van der Waals surface area contributed by atoms with Gasteiger partial charge in [-0.2, -0.15) is 5.26 Å². The molecule has 0 radical (unpaired) electrons. The van der Waals surface area contributed by atoms with Crippen LogP contribution in [0.3, 0.4) is 0 Å². The second-order valence-electron chi connectivity index (χ2n) is 6.31. The average molecular weight is 400 g/mol. The van der Waals surface area contributed by atoms with Gasteiger partial charge in [-0.3, -0.25) is 9.59 Å². The van der Waals surface area contributed by atoms with E-state index < -0.39 is 11.8 Å². The number of rotatable bonds is 6. The predicted molar refractivity (Wildman–Crippen MR) is 105 cm³/mol. The quantitative estimate of drug-likeness (QED) is 0.774. The normalized spacial score (nSPS) is 17.2. The zero-order valence-electron chi connectivity index (χ0n) is 15.3. The number of hydrogen-bond acceptors (Lipinski definition) is 5. The first-order valence-electron chi connectivity index (χ1n) is 8.50. The third kappa shape index (κ3) is 4.18. The maximum atomic E-state index is 12.5. The third-order valence-electron chi connectivity index (χ3n) is 4.45. The summed E-state index contributed by atoms with van der Waals surface area (Å²) in [7, 11) is 2.94. The van der Waals surface area contributed by atoms with Gasteiger partial charge in [0.2, 0.25) is 11.8 Å². The highest BCUT2D eigenvalue weighted by atomic mass is 35.5. The maximum absolute atomic E-state index is 12.5. The van der Waals surface area contributed by atoms with Crippen molar-refractivity contribution in [2.45, 2.75) is 6.42 Å². The van der Waals surface area contributed by atoms with Gasteiger partial charge in [-0.05, 0) is 24.6 Å². The van der Waals surface area contributed by atoms with Crippen LogP contribution in [0.1, 0.15) is 12.0 Å². The molecule has 0 saturated heterocycles. The monoisotopic (exact) mass is 399 g/mol. The Balaban J connectivity index is 1.64. The Hall–Kier alpha value is -3.24. The lowest BCUT2D eigenvalue weighted by atomic mass is 10.2. The number of amides is 2. The molecule has 7 nitrogen and oxygen atoms in total. The summed E-state index contributed by atoms with van der Waals surface area (Å²) in [5, 5.41) is 14.8. The Morgan fingerprint density at radius 2 is 1.75 bits per heavy atom. The smallest absolute Gasteiger partial charge is 0.228 e. The molecule has 2 atom stereocenters. The minimum absolute atomic E-state index is 0.254. The first kappa shape index (κ1) is 19.5. The fourth-order valence-electron chi connectivity index (χ4n) is 2.86. The van der Waals surface area contributed by atoms with Crippen LogP contribution in [0, 0.1) is 23.2 Å². The molecule has 0 aliphatic heterocycles. The van der Waals surface area contributed by atoms with Crippen LogP contribution in [0.4, 0.5) is 11.4 Å². The molecule has 0 heterocycles. The van der Waals surface area contributed by atoms with Crippen molar-refractivity contribution >= 4 is 34.8 Å². The zero-order valence-corrected chi connectivity index (χ0v) is 16.0. The van der Waals surface area contributed by atoms with Gasteiger partial charge >= 0.3 is 0 Å². The molecule has 0 bridgehead atoms. The number of halogens is 1. The van der Waals surface area contributed by atoms with Gasteiger partial charge < -0.3 is 20.1 Å². The molecular weight excluding hydrogens is 382 g/mol. The largest absolute Gasteiger partial charge is 0.495 e. The molecule has 28 heavy (non-hydrogen) atoms. The summed E-state index contributed by atoms with van der Waals surface area (Å²) >= 11 is 6.06. The number of methoxy groups -OCH3 is 2. The van der Waals surface area contributed by atoms with E-state index in [9.17, 15) is 9.59 Å². The summed E-state index contributed by atoms with van der Waals surface area (Å²) < 4.78 is 10.4. The minimum Gasteiger partial charge on any atom is -0.495 e. The topological polar surface area (TPSA) is 100 Å². The van der Waals surface area contributed by atoms with E-state index in [0.29, 0.717) is 39.9 Å². The number of nitrogens with zero attached hydrogens (tertiary/aromatic N) is 1. The number of carbonyl (C=O) groups is 2. The number of nitriles is 1. The fraction of sp³-hybridized carbons (Fsp3) is 0.250. The van der Waals surface area contributed by atoms with Crippen LogP contribution in [-0.2, 0) is 9.59 Å². The molecule has 144 valence electrons. The Labute approximate surface area is 167 Å². The SMILES string of the molecule is COc1cc(NC(=O)C2CC2C(=O)Nc2cccc(C#N)c2)c(OC)cc1Cl. The van der Waals surface area contributed by atoms with Gasteiger partial charge in [0.05, 0.1) is 48.4 Å². The molecule has 2 amide bonds. The summed E-state index contributed by atoms with van der Waals surface area (Å²) in [6.07, 6.45) is 0.447. The highest BCUT2D eigenvalue weighted by molar-refractivity contribution is 6.32. The Morgan fingerprint density at radius 3 is 2.39 bits per heavy atom. The molecule has 1 aliphatic carbocycles. The number of nitrogens with one attached hydrogen (secondary N) is 2. The van der Waals surface area contributed by atoms with Crippen LogP contribution in [0.15, 0.2) is 36.4 Å². The molecule has 8 heteroatoms. The van der Waals surface area contributed by atoms with Crippen molar-refractivity contribution in [1.82, 2.24) is 0 Å². The van der Waals surface area contributed by atoms with Gasteiger partial charge in [0.15, 0.2) is 0 Å². The van der Waals surface area contributed by atoms with Crippen LogP contribution >= 0.6 is 11.6 Å². The Bertz CT molecular complexity index is 970. The van der Waals surface area contributed by atoms with Crippen molar-refractivity contribution in [2.24, 2.45) is 11.8 Å². The summed E-state index contributed by atoms with van der Waals surface area (Å²) in [6.45, 7) is 0. The van der Waals surface area contributed by atoms with Crippen molar-refractivity contribution in [3.05, 3.63) is 47.0 Å². The van der Waals surface area contributed by atoms with E-state index in [4.69, 9.17) is 26.3 Å². The van der Waals surface area contributed by atoms with Crippen LogP contribution in [0.25, 0.3) is 0 Å². The molecular formula is C20H18ClN3O4. The minimum atomic E-state index is -0.439. The van der Waals surface area contributed by atoms with E-state index in [1.165, 1.54) is 14.2 Å². The van der Waals surface area contributed by atoms with Crippen LogP contribution in [0.2, 0.25) is 5.02 Å². The zero-order chi connectivity index (χ0) is 20.3. The molecule has 2 aromatic carbocycles.